The maximum absolute atomic E-state index is 8.78. The van der Waals surface area contributed by atoms with Crippen molar-refractivity contribution in [3.8, 4) is 6.07 Å². The minimum atomic E-state index is 0.101. The number of aryl methyl sites for hydroxylation is 1. The van der Waals surface area contributed by atoms with Crippen LogP contribution in [-0.4, -0.2) is 34.1 Å². The number of rotatable bonds is 6. The summed E-state index contributed by atoms with van der Waals surface area (Å²) < 4.78 is 2.14. The van der Waals surface area contributed by atoms with E-state index in [-0.39, 0.29) is 5.92 Å². The summed E-state index contributed by atoms with van der Waals surface area (Å²) >= 11 is 0. The number of hydrogen-bond donors (Lipinski definition) is 0. The molecule has 1 aromatic rings. The van der Waals surface area contributed by atoms with Crippen LogP contribution in [0.2, 0.25) is 0 Å². The van der Waals surface area contributed by atoms with E-state index >= 15 is 0 Å². The van der Waals surface area contributed by atoms with Crippen molar-refractivity contribution in [3.63, 3.8) is 0 Å². The van der Waals surface area contributed by atoms with Gasteiger partial charge in [-0.1, -0.05) is 6.92 Å². The lowest BCUT2D eigenvalue weighted by Gasteiger charge is -2.21. The zero-order valence-electron chi connectivity index (χ0n) is 10.3. The van der Waals surface area contributed by atoms with E-state index in [9.17, 15) is 0 Å². The van der Waals surface area contributed by atoms with Crippen molar-refractivity contribution >= 4 is 0 Å². The molecule has 4 heteroatoms. The third kappa shape index (κ3) is 3.67. The Hall–Kier alpha value is -1.34. The Morgan fingerprint density at radius 3 is 2.88 bits per heavy atom. The highest BCUT2D eigenvalue weighted by molar-refractivity contribution is 4.88. The summed E-state index contributed by atoms with van der Waals surface area (Å²) in [6.07, 6.45) is 3.82. The summed E-state index contributed by atoms with van der Waals surface area (Å²) in [7, 11) is 0. The van der Waals surface area contributed by atoms with Gasteiger partial charge >= 0.3 is 0 Å². The number of imidazole rings is 1. The predicted octanol–water partition coefficient (Wildman–Crippen LogP) is 1.67. The van der Waals surface area contributed by atoms with Crippen molar-refractivity contribution in [2.45, 2.75) is 27.3 Å². The van der Waals surface area contributed by atoms with E-state index in [0.717, 1.165) is 32.0 Å². The summed E-state index contributed by atoms with van der Waals surface area (Å²) in [4.78, 5) is 6.49. The first-order chi connectivity index (χ1) is 7.67. The second-order valence-corrected chi connectivity index (χ2v) is 4.09. The zero-order valence-corrected chi connectivity index (χ0v) is 10.3. The SMILES string of the molecule is CCN(CCn1ccnc1C)CC(C)C#N. The molecule has 1 atom stereocenters. The molecular formula is C12H20N4. The predicted molar refractivity (Wildman–Crippen MR) is 63.9 cm³/mol. The molecule has 0 aromatic carbocycles. The number of hydrogen-bond acceptors (Lipinski definition) is 3. The van der Waals surface area contributed by atoms with Crippen molar-refractivity contribution in [1.82, 2.24) is 14.5 Å². The quantitative estimate of drug-likeness (QED) is 0.732. The van der Waals surface area contributed by atoms with Gasteiger partial charge in [-0.05, 0) is 20.4 Å². The van der Waals surface area contributed by atoms with Crippen molar-refractivity contribution in [2.24, 2.45) is 5.92 Å². The summed E-state index contributed by atoms with van der Waals surface area (Å²) in [5.74, 6) is 1.15. The van der Waals surface area contributed by atoms with Crippen LogP contribution in [0, 0.1) is 24.2 Å². The standard InChI is InChI=1S/C12H20N4/c1-4-15(10-11(2)9-13)7-8-16-6-5-14-12(16)3/h5-6,11H,4,7-8,10H2,1-3H3. The molecule has 0 N–H and O–H groups in total. The highest BCUT2D eigenvalue weighted by Gasteiger charge is 2.08. The molecule has 0 aliphatic carbocycles. The van der Waals surface area contributed by atoms with Crippen LogP contribution in [-0.2, 0) is 6.54 Å². The highest BCUT2D eigenvalue weighted by Crippen LogP contribution is 2.01. The molecule has 88 valence electrons. The molecule has 1 unspecified atom stereocenters. The number of nitrogens with zero attached hydrogens (tertiary/aromatic N) is 4. The van der Waals surface area contributed by atoms with E-state index in [1.54, 1.807) is 0 Å². The van der Waals surface area contributed by atoms with Gasteiger partial charge in [-0.2, -0.15) is 5.26 Å². The van der Waals surface area contributed by atoms with Gasteiger partial charge in [-0.25, -0.2) is 4.98 Å². The molecule has 16 heavy (non-hydrogen) atoms. The molecule has 0 radical (unpaired) electrons. The number of nitriles is 1. The first kappa shape index (κ1) is 12.7. The van der Waals surface area contributed by atoms with E-state index in [1.165, 1.54) is 0 Å². The van der Waals surface area contributed by atoms with Gasteiger partial charge < -0.3 is 9.47 Å². The fourth-order valence-corrected chi connectivity index (χ4v) is 1.70. The summed E-state index contributed by atoms with van der Waals surface area (Å²) in [6, 6.07) is 2.27. The Balaban J connectivity index is 2.40. The normalized spacial score (nSPS) is 12.7. The lowest BCUT2D eigenvalue weighted by atomic mass is 10.2. The van der Waals surface area contributed by atoms with Gasteiger partial charge in [0, 0.05) is 32.0 Å². The Morgan fingerprint density at radius 2 is 2.38 bits per heavy atom. The molecule has 0 bridgehead atoms. The van der Waals surface area contributed by atoms with Crippen LogP contribution in [0.1, 0.15) is 19.7 Å². The fourth-order valence-electron chi connectivity index (χ4n) is 1.70. The Labute approximate surface area is 97.5 Å². The average Bonchev–Trinajstić information content (AvgIpc) is 2.69. The molecule has 4 nitrogen and oxygen atoms in total. The molecule has 1 heterocycles. The van der Waals surface area contributed by atoms with E-state index < -0.39 is 0 Å². The van der Waals surface area contributed by atoms with Crippen LogP contribution in [0.5, 0.6) is 0 Å². The van der Waals surface area contributed by atoms with Gasteiger partial charge in [0.1, 0.15) is 5.82 Å². The molecule has 1 aromatic heterocycles. The Bertz CT molecular complexity index is 350. The molecule has 0 saturated heterocycles. The first-order valence-electron chi connectivity index (χ1n) is 5.77. The first-order valence-corrected chi connectivity index (χ1v) is 5.77. The number of likely N-dealkylation sites (N-methyl/N-ethyl adjacent to an activating group) is 1. The van der Waals surface area contributed by atoms with E-state index in [0.29, 0.717) is 0 Å². The second kappa shape index (κ2) is 6.29. The third-order valence-corrected chi connectivity index (χ3v) is 2.78. The monoisotopic (exact) mass is 220 g/mol. The molecule has 0 fully saturated rings. The largest absolute Gasteiger partial charge is 0.334 e. The van der Waals surface area contributed by atoms with Crippen molar-refractivity contribution in [1.29, 1.82) is 5.26 Å². The molecule has 0 aliphatic heterocycles. The van der Waals surface area contributed by atoms with Crippen LogP contribution in [0.3, 0.4) is 0 Å². The minimum Gasteiger partial charge on any atom is -0.334 e. The summed E-state index contributed by atoms with van der Waals surface area (Å²) in [6.45, 7) is 9.85. The zero-order chi connectivity index (χ0) is 12.0. The molecule has 1 rings (SSSR count). The fraction of sp³-hybridized carbons (Fsp3) is 0.667. The number of aromatic nitrogens is 2. The molecular weight excluding hydrogens is 200 g/mol. The molecule has 0 aliphatic rings. The van der Waals surface area contributed by atoms with Crippen LogP contribution in [0.15, 0.2) is 12.4 Å². The smallest absolute Gasteiger partial charge is 0.105 e. The molecule has 0 spiro atoms. The average molecular weight is 220 g/mol. The molecule has 0 amide bonds. The van der Waals surface area contributed by atoms with Gasteiger partial charge in [-0.15, -0.1) is 0 Å². The van der Waals surface area contributed by atoms with Crippen LogP contribution < -0.4 is 0 Å². The van der Waals surface area contributed by atoms with E-state index in [2.05, 4.69) is 27.4 Å². The second-order valence-electron chi connectivity index (χ2n) is 4.09. The topological polar surface area (TPSA) is 44.9 Å². The maximum atomic E-state index is 8.78. The van der Waals surface area contributed by atoms with Crippen molar-refractivity contribution < 1.29 is 0 Å². The Morgan fingerprint density at radius 1 is 1.62 bits per heavy atom. The molecule has 0 saturated carbocycles. The Kier molecular flexibility index (Phi) is 5.00. The van der Waals surface area contributed by atoms with E-state index in [1.807, 2.05) is 26.2 Å². The lowest BCUT2D eigenvalue weighted by molar-refractivity contribution is 0.257. The minimum absolute atomic E-state index is 0.101. The van der Waals surface area contributed by atoms with Gasteiger partial charge in [0.2, 0.25) is 0 Å². The van der Waals surface area contributed by atoms with Crippen LogP contribution >= 0.6 is 0 Å². The van der Waals surface area contributed by atoms with Gasteiger partial charge in [0.15, 0.2) is 0 Å². The van der Waals surface area contributed by atoms with Gasteiger partial charge in [0.05, 0.1) is 12.0 Å². The summed E-state index contributed by atoms with van der Waals surface area (Å²) in [5, 5.41) is 8.78. The van der Waals surface area contributed by atoms with E-state index in [4.69, 9.17) is 5.26 Å². The van der Waals surface area contributed by atoms with Gasteiger partial charge in [0.25, 0.3) is 0 Å². The van der Waals surface area contributed by atoms with Crippen molar-refractivity contribution in [2.75, 3.05) is 19.6 Å². The van der Waals surface area contributed by atoms with Crippen molar-refractivity contribution in [3.05, 3.63) is 18.2 Å². The van der Waals surface area contributed by atoms with Crippen LogP contribution in [0.4, 0.5) is 0 Å². The highest BCUT2D eigenvalue weighted by atomic mass is 15.2. The van der Waals surface area contributed by atoms with Gasteiger partial charge in [-0.3, -0.25) is 0 Å². The van der Waals surface area contributed by atoms with Crippen LogP contribution in [0.25, 0.3) is 0 Å². The summed E-state index contributed by atoms with van der Waals surface area (Å²) in [5.41, 5.74) is 0. The lowest BCUT2D eigenvalue weighted by Crippen LogP contribution is -2.31. The maximum Gasteiger partial charge on any atom is 0.105 e. The third-order valence-electron chi connectivity index (χ3n) is 2.78.